The lowest BCUT2D eigenvalue weighted by Crippen LogP contribution is -2.50. The summed E-state index contributed by atoms with van der Waals surface area (Å²) in [4.78, 5) is 25.1. The normalized spacial score (nSPS) is 19.5. The van der Waals surface area contributed by atoms with Crippen molar-refractivity contribution in [2.24, 2.45) is 5.73 Å². The van der Waals surface area contributed by atoms with Crippen LogP contribution in [0.3, 0.4) is 0 Å². The van der Waals surface area contributed by atoms with Crippen LogP contribution in [-0.2, 0) is 22.6 Å². The average molecular weight is 463 g/mol. The third kappa shape index (κ3) is 6.52. The van der Waals surface area contributed by atoms with Crippen molar-refractivity contribution < 1.29 is 28.3 Å². The number of benzene rings is 1. The first-order valence-electron chi connectivity index (χ1n) is 10.9. The zero-order chi connectivity index (χ0) is 24.0. The molecule has 1 aliphatic rings. The lowest BCUT2D eigenvalue weighted by Gasteiger charge is -2.25. The molecule has 3 rings (SSSR count). The number of rotatable bonds is 10. The Kier molecular flexibility index (Phi) is 8.04. The van der Waals surface area contributed by atoms with Gasteiger partial charge in [-0.25, -0.2) is 9.18 Å². The van der Waals surface area contributed by atoms with E-state index in [0.717, 1.165) is 10.5 Å². The Hall–Kier alpha value is -2.98. The highest BCUT2D eigenvalue weighted by Crippen LogP contribution is 2.27. The molecule has 0 unspecified atom stereocenters. The van der Waals surface area contributed by atoms with Gasteiger partial charge in [0, 0.05) is 12.1 Å². The first-order valence-corrected chi connectivity index (χ1v) is 10.9. The molecule has 1 fully saturated rings. The summed E-state index contributed by atoms with van der Waals surface area (Å²) in [5.41, 5.74) is 6.91. The van der Waals surface area contributed by atoms with Gasteiger partial charge in [0.2, 0.25) is 5.91 Å². The van der Waals surface area contributed by atoms with Crippen molar-refractivity contribution >= 4 is 12.0 Å². The van der Waals surface area contributed by atoms with Gasteiger partial charge in [-0.3, -0.25) is 4.79 Å². The molecule has 0 radical (unpaired) electrons. The van der Waals surface area contributed by atoms with E-state index in [0.29, 0.717) is 24.3 Å². The number of carboxylic acid groups (broad SMARTS) is 1. The second-order valence-corrected chi connectivity index (χ2v) is 8.86. The minimum absolute atomic E-state index is 0.118. The van der Waals surface area contributed by atoms with Crippen molar-refractivity contribution in [2.45, 2.75) is 63.5 Å². The maximum absolute atomic E-state index is 14.3. The van der Waals surface area contributed by atoms with Crippen LogP contribution in [0.4, 0.5) is 9.18 Å². The second-order valence-electron chi connectivity index (χ2n) is 8.86. The Bertz CT molecular complexity index is 930. The Labute approximate surface area is 192 Å². The zero-order valence-electron chi connectivity index (χ0n) is 18.9. The van der Waals surface area contributed by atoms with Gasteiger partial charge in [0.25, 0.3) is 0 Å². The van der Waals surface area contributed by atoms with E-state index in [9.17, 15) is 19.1 Å². The third-order valence-corrected chi connectivity index (χ3v) is 5.71. The predicted molar refractivity (Wildman–Crippen MR) is 118 cm³/mol. The molecular formula is C23H31FN4O5. The molecule has 9 nitrogen and oxygen atoms in total. The van der Waals surface area contributed by atoms with Gasteiger partial charge in [-0.05, 0) is 38.7 Å². The molecule has 1 saturated heterocycles. The number of halogens is 1. The van der Waals surface area contributed by atoms with Crippen molar-refractivity contribution in [3.63, 3.8) is 0 Å². The molecule has 180 valence electrons. The second kappa shape index (κ2) is 10.8. The van der Waals surface area contributed by atoms with Crippen LogP contribution in [0.5, 0.6) is 0 Å². The maximum Gasteiger partial charge on any atom is 0.407 e. The van der Waals surface area contributed by atoms with E-state index >= 15 is 0 Å². The smallest absolute Gasteiger partial charge is 0.407 e. The minimum atomic E-state index is -1.22. The van der Waals surface area contributed by atoms with Gasteiger partial charge in [0.05, 0.1) is 30.8 Å². The number of nitrogens with zero attached hydrogens (tertiary/aromatic N) is 2. The predicted octanol–water partition coefficient (Wildman–Crippen LogP) is 2.81. The van der Waals surface area contributed by atoms with Crippen LogP contribution >= 0.6 is 0 Å². The van der Waals surface area contributed by atoms with Crippen molar-refractivity contribution in [1.29, 1.82) is 0 Å². The number of carbonyl (C=O) groups is 2. The lowest BCUT2D eigenvalue weighted by atomic mass is 9.99. The van der Waals surface area contributed by atoms with E-state index in [1.165, 1.54) is 6.26 Å². The molecule has 10 heteroatoms. The van der Waals surface area contributed by atoms with Crippen LogP contribution in [0.15, 0.2) is 41.1 Å². The topological polar surface area (TPSA) is 131 Å². The Morgan fingerprint density at radius 1 is 1.39 bits per heavy atom. The van der Waals surface area contributed by atoms with Gasteiger partial charge in [0.1, 0.15) is 18.1 Å². The average Bonchev–Trinajstić information content (AvgIpc) is 3.37. The molecule has 0 spiro atoms. The summed E-state index contributed by atoms with van der Waals surface area (Å²) in [5, 5.41) is 16.2. The number of hydrogen-bond acceptors (Lipinski definition) is 6. The molecule has 2 heterocycles. The van der Waals surface area contributed by atoms with Gasteiger partial charge < -0.3 is 30.3 Å². The van der Waals surface area contributed by atoms with Gasteiger partial charge in [-0.15, -0.1) is 0 Å². The van der Waals surface area contributed by atoms with Crippen LogP contribution in [-0.4, -0.2) is 58.1 Å². The van der Waals surface area contributed by atoms with Crippen LogP contribution in [0.1, 0.15) is 49.6 Å². The number of alkyl halides is 1. The Balaban J connectivity index is 1.71. The largest absolute Gasteiger partial charge is 0.465 e. The number of nitrogens with two attached hydrogens (primary N) is 1. The van der Waals surface area contributed by atoms with Gasteiger partial charge in [-0.2, -0.15) is 0 Å². The summed E-state index contributed by atoms with van der Waals surface area (Å²) in [6.45, 7) is 3.82. The maximum atomic E-state index is 14.3. The fourth-order valence-corrected chi connectivity index (χ4v) is 3.84. The summed E-state index contributed by atoms with van der Waals surface area (Å²) in [7, 11) is 0. The van der Waals surface area contributed by atoms with Gasteiger partial charge in [-0.1, -0.05) is 35.5 Å². The molecule has 2 amide bonds. The summed E-state index contributed by atoms with van der Waals surface area (Å²) >= 11 is 0. The third-order valence-electron chi connectivity index (χ3n) is 5.71. The Morgan fingerprint density at radius 2 is 2.12 bits per heavy atom. The number of aromatic nitrogens is 1. The number of aryl methyl sites for hydroxylation is 1. The molecule has 0 aliphatic carbocycles. The number of likely N-dealkylation sites (tertiary alicyclic amines) is 1. The molecule has 1 aliphatic heterocycles. The van der Waals surface area contributed by atoms with Crippen LogP contribution in [0.25, 0.3) is 0 Å². The molecule has 4 N–H and O–H groups in total. The van der Waals surface area contributed by atoms with Crippen molar-refractivity contribution in [3.05, 3.63) is 53.4 Å². The lowest BCUT2D eigenvalue weighted by molar-refractivity contribution is -0.126. The highest BCUT2D eigenvalue weighted by Gasteiger charge is 2.37. The van der Waals surface area contributed by atoms with Crippen LogP contribution < -0.4 is 11.1 Å². The molecule has 33 heavy (non-hydrogen) atoms. The fourth-order valence-electron chi connectivity index (χ4n) is 3.84. The van der Waals surface area contributed by atoms with Crippen molar-refractivity contribution in [3.8, 4) is 0 Å². The summed E-state index contributed by atoms with van der Waals surface area (Å²) < 4.78 is 25.3. The zero-order valence-corrected chi connectivity index (χ0v) is 18.9. The quantitative estimate of drug-likeness (QED) is 0.495. The Morgan fingerprint density at radius 3 is 2.79 bits per heavy atom. The van der Waals surface area contributed by atoms with E-state index in [-0.39, 0.29) is 31.9 Å². The monoisotopic (exact) mass is 462 g/mol. The molecule has 1 aromatic carbocycles. The van der Waals surface area contributed by atoms with Crippen LogP contribution in [0, 0.1) is 0 Å². The fraction of sp³-hybridized carbons (Fsp3) is 0.522. The first-order chi connectivity index (χ1) is 15.7. The summed E-state index contributed by atoms with van der Waals surface area (Å²) in [6, 6.07) is 8.23. The molecular weight excluding hydrogens is 431 g/mol. The standard InChI is InChI=1S/C23H31FN4O5/c1-23(2,25)21(29)26-18(14-32-12-15-6-4-3-5-7-15)20-16(13-33-27-20)8-9-19-17(24)10-11-28(19)22(30)31/h3-7,13,17-19H,8-12,14,25H2,1-2H3,(H,26,29)(H,30,31)/t17-,18-,19-/m1/s1. The van der Waals surface area contributed by atoms with Crippen molar-refractivity contribution in [2.75, 3.05) is 13.2 Å². The highest BCUT2D eigenvalue weighted by molar-refractivity contribution is 5.85. The van der Waals surface area contributed by atoms with Crippen molar-refractivity contribution in [1.82, 2.24) is 15.4 Å². The van der Waals surface area contributed by atoms with Gasteiger partial charge >= 0.3 is 6.09 Å². The van der Waals surface area contributed by atoms with E-state index in [1.807, 2.05) is 30.3 Å². The van der Waals surface area contributed by atoms with E-state index in [1.54, 1.807) is 13.8 Å². The minimum Gasteiger partial charge on any atom is -0.465 e. The molecule has 2 aromatic rings. The summed E-state index contributed by atoms with van der Waals surface area (Å²) in [5.74, 6) is -0.388. The number of carbonyl (C=O) groups excluding carboxylic acids is 1. The number of nitrogens with one attached hydrogen (secondary N) is 1. The first kappa shape index (κ1) is 24.7. The van der Waals surface area contributed by atoms with E-state index in [4.69, 9.17) is 15.0 Å². The molecule has 0 saturated carbocycles. The van der Waals surface area contributed by atoms with Gasteiger partial charge in [0.15, 0.2) is 0 Å². The highest BCUT2D eigenvalue weighted by atomic mass is 19.1. The van der Waals surface area contributed by atoms with E-state index < -0.39 is 29.9 Å². The number of hydrogen-bond donors (Lipinski definition) is 3. The summed E-state index contributed by atoms with van der Waals surface area (Å²) in [6.07, 6.45) is -0.111. The molecule has 0 bridgehead atoms. The van der Waals surface area contributed by atoms with E-state index in [2.05, 4.69) is 10.5 Å². The molecule has 3 atom stereocenters. The molecule has 1 aromatic heterocycles. The number of ether oxygens (including phenoxy) is 1. The van der Waals surface area contributed by atoms with Crippen LogP contribution in [0.2, 0.25) is 0 Å². The number of amides is 2. The SMILES string of the molecule is CC(C)(N)C(=O)N[C@H](COCc1ccccc1)c1nocc1CC[C@@H]1[C@H](F)CCN1C(=O)O.